The van der Waals surface area contributed by atoms with E-state index in [2.05, 4.69) is 22.8 Å². The quantitative estimate of drug-likeness (QED) is 0.721. The average Bonchev–Trinajstić information content (AvgIpc) is 3.39. The molecule has 6 heteroatoms. The Balaban J connectivity index is 1.33. The highest BCUT2D eigenvalue weighted by molar-refractivity contribution is 5.84. The Kier molecular flexibility index (Phi) is 5.64. The summed E-state index contributed by atoms with van der Waals surface area (Å²) in [4.78, 5) is 29.4. The van der Waals surface area contributed by atoms with Crippen LogP contribution in [0.25, 0.3) is 11.0 Å². The highest BCUT2D eigenvalue weighted by atomic mass is 16.2. The Bertz CT molecular complexity index is 859. The van der Waals surface area contributed by atoms with Gasteiger partial charge in [-0.1, -0.05) is 31.9 Å². The van der Waals surface area contributed by atoms with Gasteiger partial charge in [-0.3, -0.25) is 20.4 Å². The normalized spacial score (nSPS) is 23.2. The SMILES string of the molecule is CCCCc1nc2ccccc2n1CC(=O)NNC(=O)C[C@H]1C[C@H]2CC[C@@H]1C2. The molecule has 0 radical (unpaired) electrons. The highest BCUT2D eigenvalue weighted by Gasteiger charge is 2.40. The predicted molar refractivity (Wildman–Crippen MR) is 108 cm³/mol. The molecule has 0 saturated heterocycles. The van der Waals surface area contributed by atoms with Crippen molar-refractivity contribution < 1.29 is 9.59 Å². The number of rotatable bonds is 7. The fraction of sp³-hybridized carbons (Fsp3) is 0.591. The molecule has 0 spiro atoms. The van der Waals surface area contributed by atoms with Crippen LogP contribution in [0.4, 0.5) is 0 Å². The summed E-state index contributed by atoms with van der Waals surface area (Å²) in [5, 5.41) is 0. The summed E-state index contributed by atoms with van der Waals surface area (Å²) in [6, 6.07) is 7.87. The second-order valence-corrected chi connectivity index (χ2v) is 8.44. The Hall–Kier alpha value is -2.37. The minimum Gasteiger partial charge on any atom is -0.318 e. The van der Waals surface area contributed by atoms with Gasteiger partial charge < -0.3 is 4.57 Å². The zero-order chi connectivity index (χ0) is 19.5. The third-order valence-corrected chi connectivity index (χ3v) is 6.46. The lowest BCUT2D eigenvalue weighted by molar-refractivity contribution is -0.129. The Morgan fingerprint density at radius 2 is 1.96 bits per heavy atom. The van der Waals surface area contributed by atoms with E-state index in [0.717, 1.165) is 42.0 Å². The first kappa shape index (κ1) is 19.0. The number of nitrogens with zero attached hydrogens (tertiary/aromatic N) is 2. The predicted octanol–water partition coefficient (Wildman–Crippen LogP) is 3.35. The van der Waals surface area contributed by atoms with Gasteiger partial charge >= 0.3 is 0 Å². The number of imidazole rings is 1. The molecule has 2 fully saturated rings. The van der Waals surface area contributed by atoms with Gasteiger partial charge in [-0.05, 0) is 55.6 Å². The molecule has 28 heavy (non-hydrogen) atoms. The van der Waals surface area contributed by atoms with Crippen molar-refractivity contribution in [3.8, 4) is 0 Å². The van der Waals surface area contributed by atoms with Crippen molar-refractivity contribution in [3.63, 3.8) is 0 Å². The van der Waals surface area contributed by atoms with E-state index in [1.54, 1.807) is 0 Å². The lowest BCUT2D eigenvalue weighted by Crippen LogP contribution is -2.44. The number of amides is 2. The fourth-order valence-electron chi connectivity index (χ4n) is 5.07. The molecule has 1 heterocycles. The number of para-hydroxylation sites is 2. The van der Waals surface area contributed by atoms with Crippen LogP contribution in [0, 0.1) is 17.8 Å². The van der Waals surface area contributed by atoms with Crippen LogP contribution in [0.1, 0.15) is 57.7 Å². The number of hydrogen-bond acceptors (Lipinski definition) is 3. The van der Waals surface area contributed by atoms with Crippen LogP contribution in [-0.2, 0) is 22.6 Å². The number of aryl methyl sites for hydroxylation is 1. The first-order valence-electron chi connectivity index (χ1n) is 10.7. The topological polar surface area (TPSA) is 76.0 Å². The van der Waals surface area contributed by atoms with Crippen LogP contribution in [-0.4, -0.2) is 21.4 Å². The van der Waals surface area contributed by atoms with E-state index < -0.39 is 0 Å². The summed E-state index contributed by atoms with van der Waals surface area (Å²) in [7, 11) is 0. The monoisotopic (exact) mass is 382 g/mol. The van der Waals surface area contributed by atoms with E-state index >= 15 is 0 Å². The zero-order valence-corrected chi connectivity index (χ0v) is 16.6. The van der Waals surface area contributed by atoms with Crippen molar-refractivity contribution in [2.24, 2.45) is 17.8 Å². The number of nitrogens with one attached hydrogen (secondary N) is 2. The van der Waals surface area contributed by atoms with E-state index in [1.807, 2.05) is 28.8 Å². The number of hydrogen-bond donors (Lipinski definition) is 2. The van der Waals surface area contributed by atoms with E-state index in [-0.39, 0.29) is 18.4 Å². The summed E-state index contributed by atoms with van der Waals surface area (Å²) < 4.78 is 1.96. The highest BCUT2D eigenvalue weighted by Crippen LogP contribution is 2.49. The number of carbonyl (C=O) groups excluding carboxylic acids is 2. The van der Waals surface area contributed by atoms with E-state index in [1.165, 1.54) is 25.7 Å². The molecular weight excluding hydrogens is 352 g/mol. The second kappa shape index (κ2) is 8.33. The number of aromatic nitrogens is 2. The molecule has 2 saturated carbocycles. The van der Waals surface area contributed by atoms with Crippen LogP contribution in [0.3, 0.4) is 0 Å². The maximum absolute atomic E-state index is 12.5. The molecule has 6 nitrogen and oxygen atoms in total. The fourth-order valence-corrected chi connectivity index (χ4v) is 5.07. The van der Waals surface area contributed by atoms with Gasteiger partial charge in [-0.2, -0.15) is 0 Å². The van der Waals surface area contributed by atoms with E-state index in [9.17, 15) is 9.59 Å². The smallest absolute Gasteiger partial charge is 0.258 e. The molecule has 2 aromatic rings. The molecule has 2 aliphatic carbocycles. The number of unbranched alkanes of at least 4 members (excludes halogenated alkanes) is 1. The summed E-state index contributed by atoms with van der Waals surface area (Å²) >= 11 is 0. The van der Waals surface area contributed by atoms with Crippen LogP contribution in [0.15, 0.2) is 24.3 Å². The largest absolute Gasteiger partial charge is 0.318 e. The van der Waals surface area contributed by atoms with Gasteiger partial charge in [-0.15, -0.1) is 0 Å². The van der Waals surface area contributed by atoms with E-state index in [0.29, 0.717) is 18.3 Å². The summed E-state index contributed by atoms with van der Waals surface area (Å²) in [5.74, 6) is 2.66. The average molecular weight is 383 g/mol. The van der Waals surface area contributed by atoms with Crippen LogP contribution in [0.2, 0.25) is 0 Å². The van der Waals surface area contributed by atoms with Crippen molar-refractivity contribution in [3.05, 3.63) is 30.1 Å². The van der Waals surface area contributed by atoms with Crippen molar-refractivity contribution >= 4 is 22.8 Å². The van der Waals surface area contributed by atoms with Gasteiger partial charge in [0.1, 0.15) is 12.4 Å². The van der Waals surface area contributed by atoms with Crippen molar-refractivity contribution in [2.75, 3.05) is 0 Å². The molecule has 2 bridgehead atoms. The first-order chi connectivity index (χ1) is 13.6. The van der Waals surface area contributed by atoms with Crippen molar-refractivity contribution in [2.45, 2.75) is 64.8 Å². The second-order valence-electron chi connectivity index (χ2n) is 8.44. The van der Waals surface area contributed by atoms with Crippen molar-refractivity contribution in [1.29, 1.82) is 0 Å². The minimum absolute atomic E-state index is 0.0763. The Labute approximate surface area is 166 Å². The molecule has 2 aliphatic rings. The molecule has 0 unspecified atom stereocenters. The van der Waals surface area contributed by atoms with Gasteiger partial charge in [-0.25, -0.2) is 4.98 Å². The molecule has 2 N–H and O–H groups in total. The summed E-state index contributed by atoms with van der Waals surface area (Å²) in [5.41, 5.74) is 7.08. The van der Waals surface area contributed by atoms with Crippen LogP contribution >= 0.6 is 0 Å². The minimum atomic E-state index is -0.220. The van der Waals surface area contributed by atoms with E-state index in [4.69, 9.17) is 0 Å². The zero-order valence-electron chi connectivity index (χ0n) is 16.6. The Morgan fingerprint density at radius 1 is 1.14 bits per heavy atom. The van der Waals surface area contributed by atoms with Crippen molar-refractivity contribution in [1.82, 2.24) is 20.4 Å². The number of carbonyl (C=O) groups is 2. The van der Waals surface area contributed by atoms with Crippen LogP contribution < -0.4 is 10.9 Å². The molecule has 2 amide bonds. The molecular formula is C22H30N4O2. The molecule has 0 aliphatic heterocycles. The maximum Gasteiger partial charge on any atom is 0.258 e. The van der Waals surface area contributed by atoms with Gasteiger partial charge in [0.15, 0.2) is 0 Å². The maximum atomic E-state index is 12.5. The lowest BCUT2D eigenvalue weighted by Gasteiger charge is -2.21. The number of hydrazine groups is 1. The lowest BCUT2D eigenvalue weighted by atomic mass is 9.86. The standard InChI is InChI=1S/C22H30N4O2/c1-2-3-8-20-23-18-6-4-5-7-19(18)26(20)14-22(28)25-24-21(27)13-17-12-15-9-10-16(17)11-15/h4-7,15-17H,2-3,8-14H2,1H3,(H,24,27)(H,25,28)/t15-,16+,17+/m0/s1. The molecule has 3 atom stereocenters. The Morgan fingerprint density at radius 3 is 2.71 bits per heavy atom. The van der Waals surface area contributed by atoms with Gasteiger partial charge in [0.25, 0.3) is 5.91 Å². The molecule has 150 valence electrons. The third kappa shape index (κ3) is 4.05. The number of fused-ring (bicyclic) bond motifs is 3. The molecule has 1 aromatic carbocycles. The first-order valence-corrected chi connectivity index (χ1v) is 10.7. The third-order valence-electron chi connectivity index (χ3n) is 6.46. The van der Waals surface area contributed by atoms with Gasteiger partial charge in [0.05, 0.1) is 11.0 Å². The molecule has 1 aromatic heterocycles. The summed E-state index contributed by atoms with van der Waals surface area (Å²) in [6.07, 6.45) is 8.54. The van der Waals surface area contributed by atoms with Gasteiger partial charge in [0, 0.05) is 12.8 Å². The number of benzene rings is 1. The van der Waals surface area contributed by atoms with Gasteiger partial charge in [0.2, 0.25) is 5.91 Å². The van der Waals surface area contributed by atoms with Crippen LogP contribution in [0.5, 0.6) is 0 Å². The summed E-state index contributed by atoms with van der Waals surface area (Å²) in [6.45, 7) is 2.30. The molecule has 4 rings (SSSR count).